The molecule has 2 heterocycles. The van der Waals surface area contributed by atoms with Gasteiger partial charge in [0, 0.05) is 34.6 Å². The van der Waals surface area contributed by atoms with E-state index in [4.69, 9.17) is 16.9 Å². The normalized spacial score (nSPS) is 10.4. The van der Waals surface area contributed by atoms with Gasteiger partial charge in [0.05, 0.1) is 11.6 Å². The third-order valence-corrected chi connectivity index (χ3v) is 2.88. The third-order valence-electron chi connectivity index (χ3n) is 2.68. The van der Waals surface area contributed by atoms with Gasteiger partial charge in [-0.1, -0.05) is 6.07 Å². The quantitative estimate of drug-likeness (QED) is 0.679. The van der Waals surface area contributed by atoms with Crippen molar-refractivity contribution in [3.63, 3.8) is 0 Å². The third kappa shape index (κ3) is 1.81. The molecule has 0 saturated carbocycles. The number of aromatic nitrogens is 3. The molecular weight excluding hydrogens is 248 g/mol. The summed E-state index contributed by atoms with van der Waals surface area (Å²) in [4.78, 5) is 11.1. The lowest BCUT2D eigenvalue weighted by Gasteiger charge is -1.95. The lowest BCUT2D eigenvalue weighted by Crippen LogP contribution is -1.83. The minimum atomic E-state index is 0.224. The van der Waals surface area contributed by atoms with Crippen molar-refractivity contribution in [1.29, 1.82) is 5.26 Å². The van der Waals surface area contributed by atoms with Crippen molar-refractivity contribution in [3.05, 3.63) is 47.5 Å². The molecule has 0 aliphatic carbocycles. The Labute approximate surface area is 108 Å². The summed E-state index contributed by atoms with van der Waals surface area (Å²) in [6, 6.07) is 9.62. The fourth-order valence-corrected chi connectivity index (χ4v) is 1.90. The second-order valence-electron chi connectivity index (χ2n) is 3.84. The van der Waals surface area contributed by atoms with Crippen LogP contribution in [0.3, 0.4) is 0 Å². The molecule has 3 aromatic rings. The Balaban J connectivity index is 2.13. The van der Waals surface area contributed by atoms with Crippen LogP contribution in [0.25, 0.3) is 22.2 Å². The van der Waals surface area contributed by atoms with Gasteiger partial charge in [-0.3, -0.25) is 0 Å². The van der Waals surface area contributed by atoms with Gasteiger partial charge in [0.1, 0.15) is 0 Å². The van der Waals surface area contributed by atoms with Gasteiger partial charge in [-0.15, -0.1) is 0 Å². The molecule has 0 bridgehead atoms. The summed E-state index contributed by atoms with van der Waals surface area (Å²) in [5, 5.41) is 10.1. The van der Waals surface area contributed by atoms with E-state index in [2.05, 4.69) is 21.0 Å². The second kappa shape index (κ2) is 4.13. The van der Waals surface area contributed by atoms with Crippen LogP contribution in [0.1, 0.15) is 5.56 Å². The van der Waals surface area contributed by atoms with E-state index in [1.54, 1.807) is 18.5 Å². The number of halogens is 1. The van der Waals surface area contributed by atoms with Gasteiger partial charge in [0.2, 0.25) is 5.28 Å². The van der Waals surface area contributed by atoms with Gasteiger partial charge < -0.3 is 4.98 Å². The summed E-state index contributed by atoms with van der Waals surface area (Å²) in [5.74, 6) is 0. The number of nitriles is 1. The average Bonchev–Trinajstić information content (AvgIpc) is 2.82. The molecule has 1 N–H and O–H groups in total. The zero-order valence-electron chi connectivity index (χ0n) is 9.18. The highest BCUT2D eigenvalue weighted by molar-refractivity contribution is 6.28. The summed E-state index contributed by atoms with van der Waals surface area (Å²) < 4.78 is 0. The van der Waals surface area contributed by atoms with Crippen LogP contribution in [0.4, 0.5) is 0 Å². The van der Waals surface area contributed by atoms with Crippen LogP contribution in [-0.2, 0) is 0 Å². The van der Waals surface area contributed by atoms with Crippen molar-refractivity contribution in [3.8, 4) is 17.3 Å². The van der Waals surface area contributed by atoms with E-state index in [-0.39, 0.29) is 5.28 Å². The molecule has 0 atom stereocenters. The molecule has 0 aliphatic heterocycles. The molecule has 1 aromatic carbocycles. The molecule has 5 heteroatoms. The van der Waals surface area contributed by atoms with Crippen LogP contribution in [-0.4, -0.2) is 15.0 Å². The van der Waals surface area contributed by atoms with Crippen molar-refractivity contribution >= 4 is 22.5 Å². The van der Waals surface area contributed by atoms with Crippen LogP contribution in [0, 0.1) is 11.3 Å². The lowest BCUT2D eigenvalue weighted by molar-refractivity contribution is 1.16. The minimum Gasteiger partial charge on any atom is -0.354 e. The first-order valence-electron chi connectivity index (χ1n) is 5.27. The van der Waals surface area contributed by atoms with E-state index in [0.29, 0.717) is 5.56 Å². The molecule has 0 unspecified atom stereocenters. The first-order chi connectivity index (χ1) is 8.76. The molecule has 0 aliphatic rings. The zero-order valence-corrected chi connectivity index (χ0v) is 9.94. The number of rotatable bonds is 1. The van der Waals surface area contributed by atoms with E-state index in [1.807, 2.05) is 18.2 Å². The molecule has 3 rings (SSSR count). The van der Waals surface area contributed by atoms with Crippen molar-refractivity contribution < 1.29 is 0 Å². The van der Waals surface area contributed by atoms with Gasteiger partial charge >= 0.3 is 0 Å². The standard InChI is InChI=1S/C13H7ClN4/c14-13-16-6-10(7-17-13)12-4-9-2-1-8(5-15)3-11(9)18-12/h1-4,6-7,18H. The van der Waals surface area contributed by atoms with Gasteiger partial charge in [-0.2, -0.15) is 5.26 Å². The van der Waals surface area contributed by atoms with E-state index in [1.165, 1.54) is 0 Å². The fourth-order valence-electron chi connectivity index (χ4n) is 1.80. The number of aromatic amines is 1. The summed E-state index contributed by atoms with van der Waals surface area (Å²) in [5.41, 5.74) is 3.30. The molecule has 4 nitrogen and oxygen atoms in total. The SMILES string of the molecule is N#Cc1ccc2cc(-c3cnc(Cl)nc3)[nH]c2c1. The monoisotopic (exact) mass is 254 g/mol. The fraction of sp³-hybridized carbons (Fsp3) is 0. The maximum atomic E-state index is 8.85. The Bertz CT molecular complexity index is 753. The Morgan fingerprint density at radius 3 is 2.67 bits per heavy atom. The van der Waals surface area contributed by atoms with Crippen LogP contribution < -0.4 is 0 Å². The Kier molecular flexibility index (Phi) is 2.47. The van der Waals surface area contributed by atoms with Crippen LogP contribution in [0.15, 0.2) is 36.7 Å². The molecule has 2 aromatic heterocycles. The Morgan fingerprint density at radius 1 is 1.17 bits per heavy atom. The number of nitrogens with zero attached hydrogens (tertiary/aromatic N) is 3. The molecule has 0 fully saturated rings. The van der Waals surface area contributed by atoms with Gasteiger partial charge in [-0.25, -0.2) is 9.97 Å². The molecule has 0 saturated heterocycles. The van der Waals surface area contributed by atoms with Crippen LogP contribution in [0.2, 0.25) is 5.28 Å². The van der Waals surface area contributed by atoms with E-state index >= 15 is 0 Å². The van der Waals surface area contributed by atoms with Crippen molar-refractivity contribution in [1.82, 2.24) is 15.0 Å². The van der Waals surface area contributed by atoms with E-state index in [9.17, 15) is 0 Å². The highest BCUT2D eigenvalue weighted by Crippen LogP contribution is 2.24. The van der Waals surface area contributed by atoms with Gasteiger partial charge in [0.15, 0.2) is 0 Å². The van der Waals surface area contributed by atoms with Crippen LogP contribution >= 0.6 is 11.6 Å². The highest BCUT2D eigenvalue weighted by atomic mass is 35.5. The van der Waals surface area contributed by atoms with Gasteiger partial charge in [0.25, 0.3) is 0 Å². The number of nitrogens with one attached hydrogen (secondary N) is 1. The number of H-pyrrole nitrogens is 1. The molecule has 18 heavy (non-hydrogen) atoms. The number of hydrogen-bond donors (Lipinski definition) is 1. The molecule has 0 spiro atoms. The predicted molar refractivity (Wildman–Crippen MR) is 69.0 cm³/mol. The average molecular weight is 255 g/mol. The number of hydrogen-bond acceptors (Lipinski definition) is 3. The number of benzene rings is 1. The predicted octanol–water partition coefficient (Wildman–Crippen LogP) is 3.15. The minimum absolute atomic E-state index is 0.224. The topological polar surface area (TPSA) is 65.4 Å². The maximum Gasteiger partial charge on any atom is 0.222 e. The smallest absolute Gasteiger partial charge is 0.222 e. The van der Waals surface area contributed by atoms with Crippen molar-refractivity contribution in [2.24, 2.45) is 0 Å². The molecular formula is C13H7ClN4. The summed E-state index contributed by atoms with van der Waals surface area (Å²) in [7, 11) is 0. The molecule has 86 valence electrons. The van der Waals surface area contributed by atoms with Crippen LogP contribution in [0.5, 0.6) is 0 Å². The van der Waals surface area contributed by atoms with E-state index < -0.39 is 0 Å². The first-order valence-corrected chi connectivity index (χ1v) is 5.65. The first kappa shape index (κ1) is 10.8. The lowest BCUT2D eigenvalue weighted by atomic mass is 10.2. The Hall–Kier alpha value is -2.38. The van der Waals surface area contributed by atoms with Crippen molar-refractivity contribution in [2.45, 2.75) is 0 Å². The zero-order chi connectivity index (χ0) is 12.5. The second-order valence-corrected chi connectivity index (χ2v) is 4.18. The maximum absolute atomic E-state index is 8.85. The van der Waals surface area contributed by atoms with E-state index in [0.717, 1.165) is 22.2 Å². The summed E-state index contributed by atoms with van der Waals surface area (Å²) in [6.45, 7) is 0. The molecule has 0 radical (unpaired) electrons. The van der Waals surface area contributed by atoms with Crippen molar-refractivity contribution in [2.75, 3.05) is 0 Å². The summed E-state index contributed by atoms with van der Waals surface area (Å²) >= 11 is 5.65. The molecule has 0 amide bonds. The largest absolute Gasteiger partial charge is 0.354 e. The summed E-state index contributed by atoms with van der Waals surface area (Å²) in [6.07, 6.45) is 3.32. The van der Waals surface area contributed by atoms with Gasteiger partial charge in [-0.05, 0) is 29.8 Å². The number of fused-ring (bicyclic) bond motifs is 1. The highest BCUT2D eigenvalue weighted by Gasteiger charge is 2.05. The Morgan fingerprint density at radius 2 is 1.94 bits per heavy atom.